The van der Waals surface area contributed by atoms with Crippen LogP contribution in [0.4, 0.5) is 16.2 Å². The molecule has 2 aromatic carbocycles. The average Bonchev–Trinajstić information content (AvgIpc) is 3.25. The normalized spacial score (nSPS) is 18.1. The van der Waals surface area contributed by atoms with E-state index >= 15 is 0 Å². The van der Waals surface area contributed by atoms with E-state index in [0.29, 0.717) is 25.9 Å². The summed E-state index contributed by atoms with van der Waals surface area (Å²) in [6, 6.07) is 12.5. The number of nitrogens with zero attached hydrogens (tertiary/aromatic N) is 2. The van der Waals surface area contributed by atoms with Crippen LogP contribution in [0.5, 0.6) is 0 Å². The second-order valence-corrected chi connectivity index (χ2v) is 9.22. The number of hydrogen-bond acceptors (Lipinski definition) is 3. The molecule has 0 fully saturated rings. The monoisotopic (exact) mass is 399 g/mol. The second-order valence-electron chi connectivity index (χ2n) is 7.41. The van der Waals surface area contributed by atoms with Crippen molar-refractivity contribution in [1.82, 2.24) is 5.32 Å². The molecular formula is C21H25N3O3S. The van der Waals surface area contributed by atoms with Crippen molar-refractivity contribution in [3.8, 4) is 0 Å². The zero-order chi connectivity index (χ0) is 19.9. The van der Waals surface area contributed by atoms with Crippen LogP contribution in [0.2, 0.25) is 0 Å². The summed E-state index contributed by atoms with van der Waals surface area (Å²) >= 11 is 0. The Morgan fingerprint density at radius 3 is 2.71 bits per heavy atom. The lowest BCUT2D eigenvalue weighted by molar-refractivity contribution is 0.247. The highest BCUT2D eigenvalue weighted by molar-refractivity contribution is 7.92. The van der Waals surface area contributed by atoms with E-state index in [1.54, 1.807) is 23.1 Å². The van der Waals surface area contributed by atoms with Gasteiger partial charge in [-0.1, -0.05) is 25.1 Å². The van der Waals surface area contributed by atoms with Crippen LogP contribution in [-0.2, 0) is 22.9 Å². The van der Waals surface area contributed by atoms with Crippen LogP contribution in [0.1, 0.15) is 31.4 Å². The first-order valence-electron chi connectivity index (χ1n) is 9.74. The Morgan fingerprint density at radius 1 is 1.14 bits per heavy atom. The third kappa shape index (κ3) is 3.03. The molecule has 1 unspecified atom stereocenters. The number of nitrogens with one attached hydrogen (secondary N) is 1. The second kappa shape index (κ2) is 7.13. The molecule has 2 heterocycles. The van der Waals surface area contributed by atoms with Gasteiger partial charge in [0.25, 0.3) is 10.0 Å². The highest BCUT2D eigenvalue weighted by Gasteiger charge is 2.36. The van der Waals surface area contributed by atoms with Crippen molar-refractivity contribution in [3.05, 3.63) is 53.6 Å². The largest absolute Gasteiger partial charge is 0.338 e. The van der Waals surface area contributed by atoms with Crippen LogP contribution in [0.25, 0.3) is 0 Å². The number of rotatable bonds is 4. The van der Waals surface area contributed by atoms with Gasteiger partial charge in [0.15, 0.2) is 0 Å². The van der Waals surface area contributed by atoms with E-state index in [-0.39, 0.29) is 17.0 Å². The van der Waals surface area contributed by atoms with Gasteiger partial charge in [0, 0.05) is 24.8 Å². The number of carbonyl (C=O) groups is 1. The minimum absolute atomic E-state index is 0.119. The summed E-state index contributed by atoms with van der Waals surface area (Å²) in [5.74, 6) is 0. The van der Waals surface area contributed by atoms with Crippen molar-refractivity contribution in [2.24, 2.45) is 0 Å². The number of urea groups is 1. The third-order valence-corrected chi connectivity index (χ3v) is 7.34. The highest BCUT2D eigenvalue weighted by atomic mass is 32.2. The van der Waals surface area contributed by atoms with E-state index < -0.39 is 10.0 Å². The fraction of sp³-hybridized carbons (Fsp3) is 0.381. The molecule has 2 aliphatic heterocycles. The topological polar surface area (TPSA) is 69.7 Å². The minimum atomic E-state index is -3.66. The molecule has 6 nitrogen and oxygen atoms in total. The number of carbonyl (C=O) groups excluding carboxylic acids is 1. The SMILES string of the molecule is CCCNC(=O)N1CCc2cc(S(=O)(=O)N3c4ccccc4CC3C)ccc21. The summed E-state index contributed by atoms with van der Waals surface area (Å²) in [5, 5.41) is 2.88. The molecule has 2 amide bonds. The van der Waals surface area contributed by atoms with Gasteiger partial charge in [0.1, 0.15) is 0 Å². The molecule has 28 heavy (non-hydrogen) atoms. The molecule has 4 rings (SSSR count). The summed E-state index contributed by atoms with van der Waals surface area (Å²) in [6.07, 6.45) is 2.25. The lowest BCUT2D eigenvalue weighted by Gasteiger charge is -2.25. The first-order valence-corrected chi connectivity index (χ1v) is 11.2. The van der Waals surface area contributed by atoms with Crippen molar-refractivity contribution in [1.29, 1.82) is 0 Å². The number of sulfonamides is 1. The predicted molar refractivity (Wildman–Crippen MR) is 110 cm³/mol. The molecule has 148 valence electrons. The van der Waals surface area contributed by atoms with E-state index in [9.17, 15) is 13.2 Å². The van der Waals surface area contributed by atoms with Crippen molar-refractivity contribution in [3.63, 3.8) is 0 Å². The molecule has 1 N–H and O–H groups in total. The Balaban J connectivity index is 1.65. The Bertz CT molecular complexity index is 1020. The Kier molecular flexibility index (Phi) is 4.79. The lowest BCUT2D eigenvalue weighted by Crippen LogP contribution is -2.39. The molecule has 0 radical (unpaired) electrons. The molecule has 7 heteroatoms. The first kappa shape index (κ1) is 18.8. The summed E-state index contributed by atoms with van der Waals surface area (Å²) < 4.78 is 28.3. The Morgan fingerprint density at radius 2 is 1.93 bits per heavy atom. The molecule has 0 saturated carbocycles. The number of para-hydroxylation sites is 1. The zero-order valence-electron chi connectivity index (χ0n) is 16.2. The number of benzene rings is 2. The van der Waals surface area contributed by atoms with Crippen LogP contribution >= 0.6 is 0 Å². The number of fused-ring (bicyclic) bond motifs is 2. The molecule has 1 atom stereocenters. The smallest absolute Gasteiger partial charge is 0.321 e. The van der Waals surface area contributed by atoms with Crippen LogP contribution < -0.4 is 14.5 Å². The molecule has 0 aromatic heterocycles. The van der Waals surface area contributed by atoms with Crippen LogP contribution in [0, 0.1) is 0 Å². The quantitative estimate of drug-likeness (QED) is 0.858. The van der Waals surface area contributed by atoms with E-state index in [0.717, 1.165) is 28.9 Å². The van der Waals surface area contributed by atoms with Gasteiger partial charge in [-0.2, -0.15) is 0 Å². The average molecular weight is 400 g/mol. The summed E-state index contributed by atoms with van der Waals surface area (Å²) in [7, 11) is -3.66. The van der Waals surface area contributed by atoms with Crippen LogP contribution in [0.3, 0.4) is 0 Å². The molecule has 0 spiro atoms. The van der Waals surface area contributed by atoms with Gasteiger partial charge in [-0.25, -0.2) is 13.2 Å². The van der Waals surface area contributed by atoms with Crippen molar-refractivity contribution in [2.75, 3.05) is 22.3 Å². The van der Waals surface area contributed by atoms with Crippen molar-refractivity contribution < 1.29 is 13.2 Å². The zero-order valence-corrected chi connectivity index (χ0v) is 17.0. The van der Waals surface area contributed by atoms with Gasteiger partial charge in [-0.05, 0) is 61.6 Å². The molecule has 2 aromatic rings. The maximum atomic E-state index is 13.4. The lowest BCUT2D eigenvalue weighted by atomic mass is 10.1. The maximum Gasteiger partial charge on any atom is 0.321 e. The summed E-state index contributed by atoms with van der Waals surface area (Å²) in [5.41, 5.74) is 3.50. The third-order valence-electron chi connectivity index (χ3n) is 5.42. The van der Waals surface area contributed by atoms with E-state index in [2.05, 4.69) is 5.32 Å². The van der Waals surface area contributed by atoms with E-state index in [1.165, 1.54) is 4.31 Å². The van der Waals surface area contributed by atoms with Crippen molar-refractivity contribution >= 4 is 27.4 Å². The first-order chi connectivity index (χ1) is 13.4. The summed E-state index contributed by atoms with van der Waals surface area (Å²) in [6.45, 7) is 5.14. The predicted octanol–water partition coefficient (Wildman–Crippen LogP) is 3.31. The maximum absolute atomic E-state index is 13.4. The minimum Gasteiger partial charge on any atom is -0.338 e. The summed E-state index contributed by atoms with van der Waals surface area (Å²) in [4.78, 5) is 14.3. The Hall–Kier alpha value is -2.54. The van der Waals surface area contributed by atoms with Gasteiger partial charge in [0.05, 0.1) is 10.6 Å². The molecule has 0 bridgehead atoms. The number of anilines is 2. The highest BCUT2D eigenvalue weighted by Crippen LogP contribution is 2.38. The van der Waals surface area contributed by atoms with Gasteiger partial charge >= 0.3 is 6.03 Å². The van der Waals surface area contributed by atoms with Crippen LogP contribution in [0.15, 0.2) is 47.4 Å². The van der Waals surface area contributed by atoms with Gasteiger partial charge in [-0.15, -0.1) is 0 Å². The van der Waals surface area contributed by atoms with Crippen molar-refractivity contribution in [2.45, 2.75) is 44.0 Å². The molecule has 0 saturated heterocycles. The number of hydrogen-bond donors (Lipinski definition) is 1. The molecule has 2 aliphatic rings. The van der Waals surface area contributed by atoms with E-state index in [4.69, 9.17) is 0 Å². The number of amides is 2. The van der Waals surface area contributed by atoms with Crippen LogP contribution in [-0.4, -0.2) is 33.6 Å². The van der Waals surface area contributed by atoms with Gasteiger partial charge in [0.2, 0.25) is 0 Å². The molecule has 0 aliphatic carbocycles. The molecular weight excluding hydrogens is 374 g/mol. The fourth-order valence-electron chi connectivity index (χ4n) is 4.09. The fourth-order valence-corrected chi connectivity index (χ4v) is 5.84. The van der Waals surface area contributed by atoms with Gasteiger partial charge < -0.3 is 5.32 Å². The van der Waals surface area contributed by atoms with Gasteiger partial charge in [-0.3, -0.25) is 9.21 Å². The Labute approximate surface area is 166 Å². The standard InChI is InChI=1S/C21H25N3O3S/c1-3-11-22-21(25)23-12-10-17-14-18(8-9-19(17)23)28(26,27)24-15(2)13-16-6-4-5-7-20(16)24/h4-9,14-15H,3,10-13H2,1-2H3,(H,22,25). The van der Waals surface area contributed by atoms with E-state index in [1.807, 2.05) is 38.1 Å².